The fraction of sp³-hybridized carbons (Fsp3) is 0.682. The molecule has 2 aliphatic heterocycles. The van der Waals surface area contributed by atoms with Gasteiger partial charge in [0, 0.05) is 51.9 Å². The number of morpholine rings is 1. The summed E-state index contributed by atoms with van der Waals surface area (Å²) in [7, 11) is 1.89. The third kappa shape index (κ3) is 4.61. The molecular weight excluding hydrogens is 352 g/mol. The first-order valence-electron chi connectivity index (χ1n) is 10.7. The highest BCUT2D eigenvalue weighted by Gasteiger charge is 2.43. The average molecular weight is 387 g/mol. The summed E-state index contributed by atoms with van der Waals surface area (Å²) >= 11 is 0. The number of hydrogen-bond donors (Lipinski definition) is 1. The lowest BCUT2D eigenvalue weighted by molar-refractivity contribution is 0.0322. The molecule has 4 rings (SSSR count). The van der Waals surface area contributed by atoms with Crippen LogP contribution in [0, 0.1) is 5.41 Å². The molecule has 1 N–H and O–H groups in total. The van der Waals surface area contributed by atoms with Gasteiger partial charge in [-0.05, 0) is 30.7 Å². The zero-order valence-electron chi connectivity index (χ0n) is 17.2. The average Bonchev–Trinajstić information content (AvgIpc) is 3.17. The Morgan fingerprint density at radius 3 is 2.71 bits per heavy atom. The summed E-state index contributed by atoms with van der Waals surface area (Å²) in [4.78, 5) is 9.36. The van der Waals surface area contributed by atoms with Crippen LogP contribution in [-0.4, -0.2) is 75.4 Å². The third-order valence-corrected chi connectivity index (χ3v) is 6.54. The predicted molar refractivity (Wildman–Crippen MR) is 112 cm³/mol. The van der Waals surface area contributed by atoms with Crippen LogP contribution in [0.3, 0.4) is 0 Å². The van der Waals surface area contributed by atoms with Crippen LogP contribution < -0.4 is 10.1 Å². The molecule has 2 heterocycles. The quantitative estimate of drug-likeness (QED) is 0.601. The topological polar surface area (TPSA) is 49.3 Å². The van der Waals surface area contributed by atoms with Crippen LogP contribution in [0.2, 0.25) is 0 Å². The fourth-order valence-electron chi connectivity index (χ4n) is 4.61. The first-order chi connectivity index (χ1) is 13.8. The van der Waals surface area contributed by atoms with Gasteiger partial charge in [-0.25, -0.2) is 0 Å². The Kier molecular flexibility index (Phi) is 6.37. The molecule has 3 aliphatic rings. The molecule has 6 nitrogen and oxygen atoms in total. The molecule has 0 unspecified atom stereocenters. The molecular formula is C22H34N4O2. The lowest BCUT2D eigenvalue weighted by Crippen LogP contribution is -2.42. The molecule has 1 aromatic rings. The second kappa shape index (κ2) is 9.14. The van der Waals surface area contributed by atoms with Gasteiger partial charge < -0.3 is 19.7 Å². The van der Waals surface area contributed by atoms with Crippen LogP contribution in [0.5, 0.6) is 5.75 Å². The summed E-state index contributed by atoms with van der Waals surface area (Å²) in [6, 6.07) is 8.33. The minimum Gasteiger partial charge on any atom is -0.492 e. The zero-order chi connectivity index (χ0) is 19.2. The van der Waals surface area contributed by atoms with Crippen LogP contribution in [0.1, 0.15) is 31.2 Å². The molecule has 154 valence electrons. The van der Waals surface area contributed by atoms with E-state index in [0.29, 0.717) is 12.0 Å². The number of likely N-dealkylation sites (tertiary alicyclic amines) is 1. The van der Waals surface area contributed by atoms with E-state index in [1.807, 2.05) is 13.1 Å². The van der Waals surface area contributed by atoms with Crippen molar-refractivity contribution in [1.82, 2.24) is 15.1 Å². The minimum atomic E-state index is 0.581. The molecule has 6 heteroatoms. The summed E-state index contributed by atoms with van der Waals surface area (Å²) in [6.45, 7) is 8.34. The van der Waals surface area contributed by atoms with Gasteiger partial charge in [-0.2, -0.15) is 0 Å². The minimum absolute atomic E-state index is 0.581. The Morgan fingerprint density at radius 2 is 2.00 bits per heavy atom. The molecule has 0 amide bonds. The molecule has 28 heavy (non-hydrogen) atoms. The van der Waals surface area contributed by atoms with Crippen molar-refractivity contribution in [3.63, 3.8) is 0 Å². The van der Waals surface area contributed by atoms with Crippen molar-refractivity contribution in [2.45, 2.75) is 32.2 Å². The van der Waals surface area contributed by atoms with E-state index in [-0.39, 0.29) is 0 Å². The number of benzene rings is 1. The molecule has 2 saturated heterocycles. The maximum Gasteiger partial charge on any atom is 0.193 e. The molecule has 0 radical (unpaired) electrons. The van der Waals surface area contributed by atoms with Crippen molar-refractivity contribution in [2.24, 2.45) is 10.4 Å². The van der Waals surface area contributed by atoms with E-state index in [1.165, 1.54) is 31.2 Å². The van der Waals surface area contributed by atoms with Crippen LogP contribution in [0.4, 0.5) is 0 Å². The molecule has 1 aromatic carbocycles. The van der Waals surface area contributed by atoms with E-state index in [9.17, 15) is 0 Å². The van der Waals surface area contributed by atoms with Crippen LogP contribution in [0.25, 0.3) is 0 Å². The molecule has 1 spiro atoms. The molecule has 0 bridgehead atoms. The van der Waals surface area contributed by atoms with E-state index >= 15 is 0 Å². The standard InChI is InChI=1S/C22H34N4O2/c1-23-21(26-10-9-22(18-26)7-4-8-22)24-17-19-5-2-3-6-20(19)28-16-13-25-11-14-27-15-12-25/h2-3,5-6H,4,7-18H2,1H3,(H,23,24). The number of guanidine groups is 1. The third-order valence-electron chi connectivity index (χ3n) is 6.54. The van der Waals surface area contributed by atoms with Gasteiger partial charge in [0.25, 0.3) is 0 Å². The largest absolute Gasteiger partial charge is 0.492 e. The normalized spacial score (nSPS) is 22.3. The van der Waals surface area contributed by atoms with Crippen molar-refractivity contribution < 1.29 is 9.47 Å². The Morgan fingerprint density at radius 1 is 1.18 bits per heavy atom. The Hall–Kier alpha value is -1.79. The van der Waals surface area contributed by atoms with Gasteiger partial charge in [0.05, 0.1) is 13.2 Å². The van der Waals surface area contributed by atoms with Crippen molar-refractivity contribution in [1.29, 1.82) is 0 Å². The van der Waals surface area contributed by atoms with Crippen molar-refractivity contribution in [2.75, 3.05) is 59.6 Å². The zero-order valence-corrected chi connectivity index (χ0v) is 17.2. The summed E-state index contributed by atoms with van der Waals surface area (Å²) in [5.41, 5.74) is 1.76. The van der Waals surface area contributed by atoms with Gasteiger partial charge in [-0.1, -0.05) is 24.6 Å². The maximum absolute atomic E-state index is 6.11. The highest BCUT2D eigenvalue weighted by Crippen LogP contribution is 2.47. The first kappa shape index (κ1) is 19.5. The second-order valence-corrected chi connectivity index (χ2v) is 8.34. The monoisotopic (exact) mass is 386 g/mol. The van der Waals surface area contributed by atoms with Crippen molar-refractivity contribution in [3.05, 3.63) is 29.8 Å². The van der Waals surface area contributed by atoms with Gasteiger partial charge >= 0.3 is 0 Å². The number of ether oxygens (including phenoxy) is 2. The molecule has 0 atom stereocenters. The Labute approximate surface area is 168 Å². The van der Waals surface area contributed by atoms with Gasteiger partial charge in [0.15, 0.2) is 5.96 Å². The van der Waals surface area contributed by atoms with Crippen LogP contribution in [-0.2, 0) is 11.3 Å². The highest BCUT2D eigenvalue weighted by atomic mass is 16.5. The van der Waals surface area contributed by atoms with Crippen molar-refractivity contribution in [3.8, 4) is 5.75 Å². The number of rotatable bonds is 6. The smallest absolute Gasteiger partial charge is 0.193 e. The summed E-state index contributed by atoms with van der Waals surface area (Å²) in [5.74, 6) is 1.99. The Bertz CT molecular complexity index is 668. The van der Waals surface area contributed by atoms with Crippen LogP contribution >= 0.6 is 0 Å². The fourth-order valence-corrected chi connectivity index (χ4v) is 4.61. The van der Waals surface area contributed by atoms with E-state index in [0.717, 1.165) is 64.2 Å². The number of nitrogens with zero attached hydrogens (tertiary/aromatic N) is 3. The lowest BCUT2D eigenvalue weighted by Gasteiger charge is -2.38. The van der Waals surface area contributed by atoms with Gasteiger partial charge in [0.2, 0.25) is 0 Å². The number of hydrogen-bond acceptors (Lipinski definition) is 4. The summed E-state index contributed by atoms with van der Waals surface area (Å²) < 4.78 is 11.5. The molecule has 3 fully saturated rings. The van der Waals surface area contributed by atoms with E-state index in [2.05, 4.69) is 38.3 Å². The van der Waals surface area contributed by atoms with Gasteiger partial charge in [-0.15, -0.1) is 0 Å². The van der Waals surface area contributed by atoms with Gasteiger partial charge in [0.1, 0.15) is 12.4 Å². The predicted octanol–water partition coefficient (Wildman–Crippen LogP) is 2.35. The second-order valence-electron chi connectivity index (χ2n) is 8.34. The van der Waals surface area contributed by atoms with Gasteiger partial charge in [-0.3, -0.25) is 9.89 Å². The summed E-state index contributed by atoms with van der Waals surface area (Å²) in [6.07, 6.45) is 5.49. The van der Waals surface area contributed by atoms with Crippen molar-refractivity contribution >= 4 is 5.96 Å². The highest BCUT2D eigenvalue weighted by molar-refractivity contribution is 5.80. The molecule has 1 aliphatic carbocycles. The maximum atomic E-state index is 6.11. The molecule has 1 saturated carbocycles. The van der Waals surface area contributed by atoms with Crippen LogP contribution in [0.15, 0.2) is 29.3 Å². The Balaban J connectivity index is 1.28. The van der Waals surface area contributed by atoms with E-state index in [1.54, 1.807) is 0 Å². The van der Waals surface area contributed by atoms with E-state index in [4.69, 9.17) is 9.47 Å². The number of aliphatic imine (C=N–C) groups is 1. The van der Waals surface area contributed by atoms with E-state index < -0.39 is 0 Å². The number of para-hydroxylation sites is 1. The molecule has 0 aromatic heterocycles. The summed E-state index contributed by atoms with van der Waals surface area (Å²) in [5, 5.41) is 3.56. The SMILES string of the molecule is CN=C(NCc1ccccc1OCCN1CCOCC1)N1CCC2(CCC2)C1. The first-order valence-corrected chi connectivity index (χ1v) is 10.7. The lowest BCUT2D eigenvalue weighted by atomic mass is 9.68. The number of nitrogens with one attached hydrogen (secondary N) is 1.